The fourth-order valence-corrected chi connectivity index (χ4v) is 4.94. The third kappa shape index (κ3) is 3.94. The lowest BCUT2D eigenvalue weighted by Gasteiger charge is -2.42. The molecule has 1 aliphatic carbocycles. The van der Waals surface area contributed by atoms with Gasteiger partial charge in [-0.3, -0.25) is 4.90 Å². The SMILES string of the molecule is COc1cc2c(c(OC)c1OC)CC[C@@H](N1CCC(Nc3ccccc3)CC1)[C@@H]2O. The average Bonchev–Trinajstić information content (AvgIpc) is 2.79. The quantitative estimate of drug-likeness (QED) is 0.755. The first-order valence-corrected chi connectivity index (χ1v) is 10.7. The van der Waals surface area contributed by atoms with Crippen LogP contribution in [0.5, 0.6) is 17.2 Å². The summed E-state index contributed by atoms with van der Waals surface area (Å²) in [7, 11) is 4.86. The van der Waals surface area contributed by atoms with E-state index in [1.54, 1.807) is 21.3 Å². The van der Waals surface area contributed by atoms with E-state index in [0.717, 1.165) is 49.9 Å². The number of benzene rings is 2. The number of nitrogens with one attached hydrogen (secondary N) is 1. The summed E-state index contributed by atoms with van der Waals surface area (Å²) in [6.45, 7) is 1.96. The van der Waals surface area contributed by atoms with E-state index < -0.39 is 6.10 Å². The van der Waals surface area contributed by atoms with E-state index in [4.69, 9.17) is 14.2 Å². The van der Waals surface area contributed by atoms with Crippen LogP contribution in [0, 0.1) is 0 Å². The molecule has 1 fully saturated rings. The number of ether oxygens (including phenoxy) is 3. The summed E-state index contributed by atoms with van der Waals surface area (Å²) in [4.78, 5) is 2.44. The number of likely N-dealkylation sites (tertiary alicyclic amines) is 1. The van der Waals surface area contributed by atoms with E-state index in [-0.39, 0.29) is 6.04 Å². The van der Waals surface area contributed by atoms with E-state index in [1.165, 1.54) is 5.69 Å². The van der Waals surface area contributed by atoms with Gasteiger partial charge in [-0.2, -0.15) is 0 Å². The van der Waals surface area contributed by atoms with Gasteiger partial charge in [0, 0.05) is 36.4 Å². The number of rotatable bonds is 6. The standard InChI is InChI=1S/C24H32N2O4/c1-28-21-15-19-18(23(29-2)24(21)30-3)9-10-20(22(19)27)26-13-11-17(12-14-26)25-16-7-5-4-6-8-16/h4-8,15,17,20,22,25,27H,9-14H2,1-3H3/t20-,22-/m1/s1. The average molecular weight is 413 g/mol. The Morgan fingerprint density at radius 2 is 1.63 bits per heavy atom. The Bertz CT molecular complexity index is 850. The molecule has 2 atom stereocenters. The Balaban J connectivity index is 1.47. The second-order valence-corrected chi connectivity index (χ2v) is 8.08. The van der Waals surface area contributed by atoms with Crippen LogP contribution in [0.15, 0.2) is 36.4 Å². The van der Waals surface area contributed by atoms with Gasteiger partial charge < -0.3 is 24.6 Å². The molecule has 4 rings (SSSR count). The third-order valence-electron chi connectivity index (χ3n) is 6.48. The zero-order chi connectivity index (χ0) is 21.1. The molecule has 6 heteroatoms. The summed E-state index contributed by atoms with van der Waals surface area (Å²) in [5, 5.41) is 14.9. The maximum atomic E-state index is 11.3. The Hall–Kier alpha value is -2.44. The van der Waals surface area contributed by atoms with Crippen molar-refractivity contribution in [2.45, 2.75) is 43.9 Å². The van der Waals surface area contributed by atoms with Crippen LogP contribution < -0.4 is 19.5 Å². The molecule has 0 spiro atoms. The fraction of sp³-hybridized carbons (Fsp3) is 0.500. The Morgan fingerprint density at radius 3 is 2.27 bits per heavy atom. The smallest absolute Gasteiger partial charge is 0.203 e. The molecular formula is C24H32N2O4. The number of nitrogens with zero attached hydrogens (tertiary/aromatic N) is 1. The number of aliphatic hydroxyl groups is 1. The number of hydrogen-bond donors (Lipinski definition) is 2. The van der Waals surface area contributed by atoms with Gasteiger partial charge in [-0.25, -0.2) is 0 Å². The van der Waals surface area contributed by atoms with E-state index >= 15 is 0 Å². The number of para-hydroxylation sites is 1. The Morgan fingerprint density at radius 1 is 0.933 bits per heavy atom. The van der Waals surface area contributed by atoms with Crippen molar-refractivity contribution in [2.75, 3.05) is 39.7 Å². The van der Waals surface area contributed by atoms with Gasteiger partial charge >= 0.3 is 0 Å². The topological polar surface area (TPSA) is 63.2 Å². The van der Waals surface area contributed by atoms with Crippen molar-refractivity contribution in [3.63, 3.8) is 0 Å². The number of piperidine rings is 1. The Kier molecular flexibility index (Phi) is 6.35. The molecule has 0 saturated carbocycles. The summed E-state index contributed by atoms with van der Waals surface area (Å²) in [5.74, 6) is 1.87. The van der Waals surface area contributed by atoms with Crippen LogP contribution in [0.4, 0.5) is 5.69 Å². The van der Waals surface area contributed by atoms with Crippen molar-refractivity contribution in [3.05, 3.63) is 47.5 Å². The first-order chi connectivity index (χ1) is 14.7. The predicted molar refractivity (Wildman–Crippen MR) is 118 cm³/mol. The molecular weight excluding hydrogens is 380 g/mol. The molecule has 0 unspecified atom stereocenters. The minimum atomic E-state index is -0.568. The molecule has 162 valence electrons. The molecule has 1 heterocycles. The van der Waals surface area contributed by atoms with Gasteiger partial charge in [0.2, 0.25) is 5.75 Å². The molecule has 0 aromatic heterocycles. The first-order valence-electron chi connectivity index (χ1n) is 10.7. The molecule has 30 heavy (non-hydrogen) atoms. The van der Waals surface area contributed by atoms with Gasteiger partial charge in [0.15, 0.2) is 11.5 Å². The zero-order valence-electron chi connectivity index (χ0n) is 18.1. The zero-order valence-corrected chi connectivity index (χ0v) is 18.1. The fourth-order valence-electron chi connectivity index (χ4n) is 4.94. The van der Waals surface area contributed by atoms with Crippen LogP contribution in [0.3, 0.4) is 0 Å². The monoisotopic (exact) mass is 412 g/mol. The minimum absolute atomic E-state index is 0.109. The second kappa shape index (κ2) is 9.14. The number of hydrogen-bond acceptors (Lipinski definition) is 6. The van der Waals surface area contributed by atoms with Gasteiger partial charge in [-0.1, -0.05) is 18.2 Å². The normalized spacial score (nSPS) is 22.3. The lowest BCUT2D eigenvalue weighted by atomic mass is 9.83. The third-order valence-corrected chi connectivity index (χ3v) is 6.48. The highest BCUT2D eigenvalue weighted by Gasteiger charge is 2.37. The minimum Gasteiger partial charge on any atom is -0.493 e. The number of fused-ring (bicyclic) bond motifs is 1. The Labute approximate surface area is 178 Å². The summed E-state index contributed by atoms with van der Waals surface area (Å²) >= 11 is 0. The van der Waals surface area contributed by atoms with Gasteiger partial charge in [0.1, 0.15) is 0 Å². The van der Waals surface area contributed by atoms with Crippen molar-refractivity contribution in [1.82, 2.24) is 4.90 Å². The molecule has 2 N–H and O–H groups in total. The largest absolute Gasteiger partial charge is 0.493 e. The summed E-state index contributed by atoms with van der Waals surface area (Å²) < 4.78 is 16.7. The van der Waals surface area contributed by atoms with Crippen LogP contribution in [0.2, 0.25) is 0 Å². The molecule has 6 nitrogen and oxygen atoms in total. The summed E-state index contributed by atoms with van der Waals surface area (Å²) in [6, 6.07) is 12.9. The molecule has 0 radical (unpaired) electrons. The summed E-state index contributed by atoms with van der Waals surface area (Å²) in [6.07, 6.45) is 3.32. The lowest BCUT2D eigenvalue weighted by molar-refractivity contribution is 0.0239. The predicted octanol–water partition coefficient (Wildman–Crippen LogP) is 3.64. The molecule has 0 amide bonds. The second-order valence-electron chi connectivity index (χ2n) is 8.08. The van der Waals surface area contributed by atoms with Gasteiger partial charge in [-0.05, 0) is 49.4 Å². The van der Waals surface area contributed by atoms with Gasteiger partial charge in [0.25, 0.3) is 0 Å². The number of aliphatic hydroxyl groups excluding tert-OH is 1. The van der Waals surface area contributed by atoms with E-state index in [2.05, 4.69) is 34.5 Å². The highest BCUT2D eigenvalue weighted by molar-refractivity contribution is 5.60. The van der Waals surface area contributed by atoms with Crippen LogP contribution in [-0.4, -0.2) is 56.5 Å². The summed E-state index contributed by atoms with van der Waals surface area (Å²) in [5.41, 5.74) is 3.10. The van der Waals surface area contributed by atoms with Gasteiger partial charge in [-0.15, -0.1) is 0 Å². The van der Waals surface area contributed by atoms with Crippen LogP contribution >= 0.6 is 0 Å². The number of methoxy groups -OCH3 is 3. The van der Waals surface area contributed by atoms with Crippen LogP contribution in [0.25, 0.3) is 0 Å². The lowest BCUT2D eigenvalue weighted by Crippen LogP contribution is -2.48. The van der Waals surface area contributed by atoms with Crippen LogP contribution in [-0.2, 0) is 6.42 Å². The molecule has 1 saturated heterocycles. The maximum absolute atomic E-state index is 11.3. The van der Waals surface area contributed by atoms with Crippen molar-refractivity contribution < 1.29 is 19.3 Å². The molecule has 0 bridgehead atoms. The van der Waals surface area contributed by atoms with Gasteiger partial charge in [0.05, 0.1) is 27.4 Å². The molecule has 1 aliphatic heterocycles. The molecule has 2 aromatic carbocycles. The molecule has 2 aromatic rings. The highest BCUT2D eigenvalue weighted by atomic mass is 16.5. The number of anilines is 1. The van der Waals surface area contributed by atoms with Crippen LogP contribution in [0.1, 0.15) is 36.5 Å². The molecule has 2 aliphatic rings. The van der Waals surface area contributed by atoms with E-state index in [0.29, 0.717) is 23.3 Å². The van der Waals surface area contributed by atoms with Crippen molar-refractivity contribution >= 4 is 5.69 Å². The maximum Gasteiger partial charge on any atom is 0.203 e. The van der Waals surface area contributed by atoms with E-state index in [1.807, 2.05) is 12.1 Å². The van der Waals surface area contributed by atoms with Crippen molar-refractivity contribution in [3.8, 4) is 17.2 Å². The van der Waals surface area contributed by atoms with E-state index in [9.17, 15) is 5.11 Å². The van der Waals surface area contributed by atoms with Crippen molar-refractivity contribution in [1.29, 1.82) is 0 Å². The highest BCUT2D eigenvalue weighted by Crippen LogP contribution is 2.47. The first kappa shape index (κ1) is 20.8. The van der Waals surface area contributed by atoms with Crippen molar-refractivity contribution in [2.24, 2.45) is 0 Å².